The Labute approximate surface area is 192 Å². The van der Waals surface area contributed by atoms with Gasteiger partial charge in [-0.05, 0) is 46.5 Å². The molecule has 0 saturated carbocycles. The zero-order chi connectivity index (χ0) is 22.5. The van der Waals surface area contributed by atoms with Gasteiger partial charge < -0.3 is 9.67 Å². The van der Waals surface area contributed by atoms with E-state index in [1.165, 1.54) is 0 Å². The second-order valence-electron chi connectivity index (χ2n) is 7.81. The summed E-state index contributed by atoms with van der Waals surface area (Å²) in [5.41, 5.74) is 2.62. The van der Waals surface area contributed by atoms with Crippen LogP contribution in [0.15, 0.2) is 72.9 Å². The number of benzene rings is 3. The number of fused-ring (bicyclic) bond motifs is 1. The van der Waals surface area contributed by atoms with E-state index in [0.29, 0.717) is 17.1 Å². The van der Waals surface area contributed by atoms with Gasteiger partial charge in [0.1, 0.15) is 5.82 Å². The Morgan fingerprint density at radius 3 is 2.56 bits per heavy atom. The molecule has 162 valence electrons. The lowest BCUT2D eigenvalue weighted by Crippen LogP contribution is -2.09. The van der Waals surface area contributed by atoms with E-state index in [4.69, 9.17) is 11.6 Å². The van der Waals surface area contributed by atoms with Gasteiger partial charge >= 0.3 is 5.97 Å². The van der Waals surface area contributed by atoms with E-state index in [9.17, 15) is 9.90 Å². The van der Waals surface area contributed by atoms with Crippen molar-refractivity contribution in [2.75, 3.05) is 0 Å². The smallest absolute Gasteiger partial charge is 0.336 e. The van der Waals surface area contributed by atoms with Crippen LogP contribution in [0.3, 0.4) is 0 Å². The van der Waals surface area contributed by atoms with Gasteiger partial charge in [0.05, 0.1) is 24.0 Å². The molecule has 1 heterocycles. The van der Waals surface area contributed by atoms with E-state index in [1.807, 2.05) is 66.7 Å². The minimum absolute atomic E-state index is 0.234. The number of aryl methyl sites for hydroxylation is 1. The van der Waals surface area contributed by atoms with Crippen molar-refractivity contribution >= 4 is 40.0 Å². The first-order valence-electron chi connectivity index (χ1n) is 10.8. The Bertz CT molecular complexity index is 1290. The van der Waals surface area contributed by atoms with Gasteiger partial charge in [-0.15, -0.1) is 0 Å². The van der Waals surface area contributed by atoms with E-state index in [-0.39, 0.29) is 5.57 Å². The molecule has 0 aliphatic carbocycles. The van der Waals surface area contributed by atoms with Gasteiger partial charge in [-0.3, -0.25) is 0 Å². The summed E-state index contributed by atoms with van der Waals surface area (Å²) in [6.07, 6.45) is 6.37. The number of hydrogen-bond donors (Lipinski definition) is 1. The number of halogens is 1. The fraction of sp³-hybridized carbons (Fsp3) is 0.185. The Morgan fingerprint density at radius 1 is 1.06 bits per heavy atom. The monoisotopic (exact) mass is 444 g/mol. The molecule has 1 aromatic heterocycles. The van der Waals surface area contributed by atoms with Crippen LogP contribution >= 0.6 is 11.6 Å². The third-order valence-corrected chi connectivity index (χ3v) is 5.96. The maximum Gasteiger partial charge on any atom is 0.336 e. The predicted molar refractivity (Wildman–Crippen MR) is 131 cm³/mol. The average molecular weight is 445 g/mol. The second kappa shape index (κ2) is 9.84. The molecule has 0 bridgehead atoms. The molecular formula is C27H25ClN2O2. The highest BCUT2D eigenvalue weighted by atomic mass is 35.5. The first kappa shape index (κ1) is 21.8. The molecule has 0 saturated heterocycles. The predicted octanol–water partition coefficient (Wildman–Crippen LogP) is 6.71. The van der Waals surface area contributed by atoms with Crippen molar-refractivity contribution in [3.05, 3.63) is 101 Å². The molecule has 0 radical (unpaired) electrons. The van der Waals surface area contributed by atoms with Crippen LogP contribution in [0.4, 0.5) is 0 Å². The van der Waals surface area contributed by atoms with E-state index >= 15 is 0 Å². The highest BCUT2D eigenvalue weighted by molar-refractivity contribution is 6.31. The molecule has 3 aromatic carbocycles. The number of hydrogen-bond acceptors (Lipinski definition) is 2. The number of aromatic nitrogens is 2. The number of carboxylic acid groups (broad SMARTS) is 1. The highest BCUT2D eigenvalue weighted by Crippen LogP contribution is 2.25. The molecule has 32 heavy (non-hydrogen) atoms. The Hall–Kier alpha value is -3.37. The highest BCUT2D eigenvalue weighted by Gasteiger charge is 2.16. The van der Waals surface area contributed by atoms with Crippen LogP contribution in [0.1, 0.15) is 42.4 Å². The number of unbranched alkanes of at least 4 members (excludes halogenated alkanes) is 1. The topological polar surface area (TPSA) is 55.1 Å². The largest absolute Gasteiger partial charge is 0.478 e. The van der Waals surface area contributed by atoms with Crippen LogP contribution in [-0.4, -0.2) is 20.6 Å². The van der Waals surface area contributed by atoms with Crippen LogP contribution in [0.2, 0.25) is 5.02 Å². The van der Waals surface area contributed by atoms with Crippen molar-refractivity contribution in [1.82, 2.24) is 9.55 Å². The lowest BCUT2D eigenvalue weighted by atomic mass is 10.0. The normalized spacial score (nSPS) is 11.8. The van der Waals surface area contributed by atoms with Crippen molar-refractivity contribution in [3.63, 3.8) is 0 Å². The summed E-state index contributed by atoms with van der Waals surface area (Å²) in [6, 6.07) is 21.4. The summed E-state index contributed by atoms with van der Waals surface area (Å²) < 4.78 is 2.07. The summed E-state index contributed by atoms with van der Waals surface area (Å²) in [6.45, 7) is 2.68. The minimum atomic E-state index is -0.971. The standard InChI is InChI=1S/C27H25ClN2O2/c1-2-3-12-26-29-17-23(30(26)18-22-10-6-7-11-25(22)28)16-24(27(31)32)21-14-13-19-8-4-5-9-20(19)15-21/h4-11,13-17H,2-3,12,18H2,1H3,(H,31,32). The molecule has 4 nitrogen and oxygen atoms in total. The number of rotatable bonds is 8. The number of nitrogens with zero attached hydrogens (tertiary/aromatic N) is 2. The maximum atomic E-state index is 12.2. The minimum Gasteiger partial charge on any atom is -0.478 e. The summed E-state index contributed by atoms with van der Waals surface area (Å²) in [5, 5.41) is 12.8. The molecule has 5 heteroatoms. The van der Waals surface area contributed by atoms with Crippen LogP contribution < -0.4 is 0 Å². The molecule has 0 amide bonds. The summed E-state index contributed by atoms with van der Waals surface area (Å²) in [4.78, 5) is 16.8. The molecule has 0 aliphatic heterocycles. The molecule has 0 spiro atoms. The number of carbonyl (C=O) groups is 1. The van der Waals surface area contributed by atoms with Gasteiger partial charge in [0.2, 0.25) is 0 Å². The number of imidazole rings is 1. The quantitative estimate of drug-likeness (QED) is 0.307. The van der Waals surface area contributed by atoms with Crippen molar-refractivity contribution in [2.45, 2.75) is 32.7 Å². The van der Waals surface area contributed by atoms with Crippen molar-refractivity contribution in [2.24, 2.45) is 0 Å². The SMILES string of the molecule is CCCCc1ncc(C=C(C(=O)O)c2ccc3ccccc3c2)n1Cc1ccccc1Cl. The lowest BCUT2D eigenvalue weighted by Gasteiger charge is -2.13. The molecule has 4 rings (SSSR count). The molecule has 1 N–H and O–H groups in total. The third-order valence-electron chi connectivity index (χ3n) is 5.59. The zero-order valence-corrected chi connectivity index (χ0v) is 18.7. The summed E-state index contributed by atoms with van der Waals surface area (Å²) in [5.74, 6) is -0.0397. The Morgan fingerprint density at radius 2 is 1.81 bits per heavy atom. The van der Waals surface area contributed by atoms with E-state index in [0.717, 1.165) is 47.1 Å². The van der Waals surface area contributed by atoms with Gasteiger partial charge in [0, 0.05) is 11.4 Å². The van der Waals surface area contributed by atoms with Crippen molar-refractivity contribution in [1.29, 1.82) is 0 Å². The number of carboxylic acids is 1. The fourth-order valence-electron chi connectivity index (χ4n) is 3.83. The number of aliphatic carboxylic acids is 1. The molecule has 0 fully saturated rings. The van der Waals surface area contributed by atoms with Gasteiger partial charge in [0.25, 0.3) is 0 Å². The van der Waals surface area contributed by atoms with E-state index in [1.54, 1.807) is 12.3 Å². The Kier molecular flexibility index (Phi) is 6.72. The molecule has 4 aromatic rings. The van der Waals surface area contributed by atoms with Crippen LogP contribution in [0.5, 0.6) is 0 Å². The van der Waals surface area contributed by atoms with E-state index < -0.39 is 5.97 Å². The van der Waals surface area contributed by atoms with Gasteiger partial charge in [-0.2, -0.15) is 0 Å². The van der Waals surface area contributed by atoms with Crippen molar-refractivity contribution in [3.8, 4) is 0 Å². The first-order valence-corrected chi connectivity index (χ1v) is 11.2. The third kappa shape index (κ3) is 4.76. The van der Waals surface area contributed by atoms with E-state index in [2.05, 4.69) is 16.5 Å². The van der Waals surface area contributed by atoms with Gasteiger partial charge in [0.15, 0.2) is 0 Å². The average Bonchev–Trinajstić information content (AvgIpc) is 3.18. The summed E-state index contributed by atoms with van der Waals surface area (Å²) >= 11 is 6.41. The maximum absolute atomic E-state index is 12.2. The zero-order valence-electron chi connectivity index (χ0n) is 18.0. The first-order chi connectivity index (χ1) is 15.6. The molecule has 0 unspecified atom stereocenters. The summed E-state index contributed by atoms with van der Waals surface area (Å²) in [7, 11) is 0. The van der Waals surface area contributed by atoms with Crippen LogP contribution in [0, 0.1) is 0 Å². The van der Waals surface area contributed by atoms with Crippen molar-refractivity contribution < 1.29 is 9.90 Å². The fourth-order valence-corrected chi connectivity index (χ4v) is 4.03. The lowest BCUT2D eigenvalue weighted by molar-refractivity contribution is -0.130. The Balaban J connectivity index is 1.79. The van der Waals surface area contributed by atoms with Gasteiger partial charge in [-0.25, -0.2) is 9.78 Å². The molecule has 0 aliphatic rings. The van der Waals surface area contributed by atoms with Crippen LogP contribution in [0.25, 0.3) is 22.4 Å². The molecular weight excluding hydrogens is 420 g/mol. The second-order valence-corrected chi connectivity index (χ2v) is 8.21. The molecule has 0 atom stereocenters. The van der Waals surface area contributed by atoms with Gasteiger partial charge in [-0.1, -0.05) is 79.5 Å². The van der Waals surface area contributed by atoms with Crippen LogP contribution in [-0.2, 0) is 17.8 Å².